The summed E-state index contributed by atoms with van der Waals surface area (Å²) in [5.41, 5.74) is 3.12. The first-order valence-electron chi connectivity index (χ1n) is 11.9. The standard InChI is InChI=1S/C29H36N2O4S/c1-29(2,3)21-10-14-26(15-11-21)35-28(36)31(5)23-8-7-9-27(18-23)34-20-24(32)19-30(4)22-12-16-25(33-6)17-13-22/h7-18,24,32H,19-20H2,1-6H3. The van der Waals surface area contributed by atoms with Crippen LogP contribution in [0.3, 0.4) is 0 Å². The van der Waals surface area contributed by atoms with E-state index in [1.807, 2.05) is 79.7 Å². The van der Waals surface area contributed by atoms with E-state index in [4.69, 9.17) is 26.4 Å². The van der Waals surface area contributed by atoms with Gasteiger partial charge in [0.25, 0.3) is 5.17 Å². The van der Waals surface area contributed by atoms with Crippen LogP contribution in [0.15, 0.2) is 72.8 Å². The summed E-state index contributed by atoms with van der Waals surface area (Å²) in [7, 11) is 5.42. The van der Waals surface area contributed by atoms with Gasteiger partial charge in [-0.05, 0) is 71.7 Å². The Bertz CT molecular complexity index is 1130. The number of anilines is 2. The van der Waals surface area contributed by atoms with Crippen LogP contribution in [-0.2, 0) is 5.41 Å². The Morgan fingerprint density at radius 2 is 1.53 bits per heavy atom. The number of ether oxygens (including phenoxy) is 3. The van der Waals surface area contributed by atoms with Gasteiger partial charge in [0, 0.05) is 38.1 Å². The molecule has 1 atom stereocenters. The van der Waals surface area contributed by atoms with Crippen molar-refractivity contribution in [2.24, 2.45) is 0 Å². The summed E-state index contributed by atoms with van der Waals surface area (Å²) in [4.78, 5) is 3.76. The zero-order valence-electron chi connectivity index (χ0n) is 21.9. The Morgan fingerprint density at radius 3 is 2.14 bits per heavy atom. The van der Waals surface area contributed by atoms with Crippen LogP contribution in [0.4, 0.5) is 11.4 Å². The normalized spacial score (nSPS) is 12.0. The van der Waals surface area contributed by atoms with E-state index >= 15 is 0 Å². The van der Waals surface area contributed by atoms with Crippen molar-refractivity contribution >= 4 is 28.8 Å². The fourth-order valence-electron chi connectivity index (χ4n) is 3.58. The predicted molar refractivity (Wildman–Crippen MR) is 151 cm³/mol. The zero-order valence-corrected chi connectivity index (χ0v) is 22.7. The highest BCUT2D eigenvalue weighted by Crippen LogP contribution is 2.26. The SMILES string of the molecule is COc1ccc(N(C)CC(O)COc2cccc(N(C)C(=S)Oc3ccc(C(C)(C)C)cc3)c2)cc1. The number of hydrogen-bond donors (Lipinski definition) is 1. The van der Waals surface area contributed by atoms with Crippen molar-refractivity contribution in [3.63, 3.8) is 0 Å². The molecule has 0 radical (unpaired) electrons. The van der Waals surface area contributed by atoms with Crippen LogP contribution in [0.1, 0.15) is 26.3 Å². The van der Waals surface area contributed by atoms with Crippen molar-refractivity contribution in [3.8, 4) is 17.2 Å². The minimum atomic E-state index is -0.668. The molecule has 0 bridgehead atoms. The van der Waals surface area contributed by atoms with Gasteiger partial charge >= 0.3 is 0 Å². The summed E-state index contributed by atoms with van der Waals surface area (Å²) >= 11 is 5.52. The molecule has 1 unspecified atom stereocenters. The lowest BCUT2D eigenvalue weighted by molar-refractivity contribution is 0.113. The van der Waals surface area contributed by atoms with E-state index in [1.54, 1.807) is 12.0 Å². The molecule has 0 aliphatic rings. The van der Waals surface area contributed by atoms with Gasteiger partial charge in [0.1, 0.15) is 30.0 Å². The van der Waals surface area contributed by atoms with Gasteiger partial charge in [-0.3, -0.25) is 0 Å². The van der Waals surface area contributed by atoms with Crippen molar-refractivity contribution in [1.82, 2.24) is 0 Å². The molecule has 0 aromatic heterocycles. The lowest BCUT2D eigenvalue weighted by atomic mass is 9.87. The average molecular weight is 509 g/mol. The molecule has 3 aromatic carbocycles. The van der Waals surface area contributed by atoms with Crippen molar-refractivity contribution in [2.45, 2.75) is 32.3 Å². The van der Waals surface area contributed by atoms with Crippen molar-refractivity contribution < 1.29 is 19.3 Å². The Balaban J connectivity index is 1.53. The maximum absolute atomic E-state index is 10.5. The zero-order chi connectivity index (χ0) is 26.3. The minimum absolute atomic E-state index is 0.0783. The first-order valence-corrected chi connectivity index (χ1v) is 12.3. The molecule has 0 fully saturated rings. The lowest BCUT2D eigenvalue weighted by Crippen LogP contribution is -2.33. The van der Waals surface area contributed by atoms with Gasteiger partial charge in [0.2, 0.25) is 0 Å². The van der Waals surface area contributed by atoms with Crippen molar-refractivity contribution in [2.75, 3.05) is 44.2 Å². The van der Waals surface area contributed by atoms with Gasteiger partial charge < -0.3 is 29.1 Å². The van der Waals surface area contributed by atoms with E-state index in [1.165, 1.54) is 5.56 Å². The Hall–Kier alpha value is -3.29. The first-order chi connectivity index (χ1) is 17.1. The van der Waals surface area contributed by atoms with Crippen LogP contribution in [-0.4, -0.2) is 50.7 Å². The summed E-state index contributed by atoms with van der Waals surface area (Å²) in [5.74, 6) is 2.13. The van der Waals surface area contributed by atoms with E-state index < -0.39 is 6.10 Å². The topological polar surface area (TPSA) is 54.4 Å². The van der Waals surface area contributed by atoms with E-state index in [-0.39, 0.29) is 12.0 Å². The van der Waals surface area contributed by atoms with Crippen molar-refractivity contribution in [1.29, 1.82) is 0 Å². The van der Waals surface area contributed by atoms with E-state index in [0.717, 1.165) is 17.1 Å². The Morgan fingerprint density at radius 1 is 0.889 bits per heavy atom. The Labute approximate surface area is 220 Å². The summed E-state index contributed by atoms with van der Waals surface area (Å²) in [6, 6.07) is 23.2. The second-order valence-electron chi connectivity index (χ2n) is 9.74. The quantitative estimate of drug-likeness (QED) is 0.374. The molecule has 3 aromatic rings. The Kier molecular flexibility index (Phi) is 9.18. The molecule has 36 heavy (non-hydrogen) atoms. The van der Waals surface area contributed by atoms with E-state index in [2.05, 4.69) is 32.9 Å². The molecule has 1 N–H and O–H groups in total. The number of hydrogen-bond acceptors (Lipinski definition) is 6. The minimum Gasteiger partial charge on any atom is -0.497 e. The molecule has 6 nitrogen and oxygen atoms in total. The third-order valence-electron chi connectivity index (χ3n) is 5.84. The van der Waals surface area contributed by atoms with Gasteiger partial charge in [-0.25, -0.2) is 0 Å². The number of benzene rings is 3. The molecule has 0 saturated carbocycles. The summed E-state index contributed by atoms with van der Waals surface area (Å²) in [6.45, 7) is 7.12. The summed E-state index contributed by atoms with van der Waals surface area (Å²) in [6.07, 6.45) is -0.668. The number of rotatable bonds is 9. The number of aliphatic hydroxyl groups is 1. The first kappa shape index (κ1) is 27.3. The highest BCUT2D eigenvalue weighted by molar-refractivity contribution is 7.80. The van der Waals surface area contributed by atoms with Crippen LogP contribution in [0.2, 0.25) is 0 Å². The average Bonchev–Trinajstić information content (AvgIpc) is 2.87. The number of nitrogens with zero attached hydrogens (tertiary/aromatic N) is 2. The van der Waals surface area contributed by atoms with Gasteiger partial charge in [-0.2, -0.15) is 0 Å². The van der Waals surface area contributed by atoms with Crippen LogP contribution < -0.4 is 24.0 Å². The maximum Gasteiger partial charge on any atom is 0.269 e. The van der Waals surface area contributed by atoms with Gasteiger partial charge in [0.05, 0.1) is 7.11 Å². The molecule has 7 heteroatoms. The van der Waals surface area contributed by atoms with E-state index in [0.29, 0.717) is 23.2 Å². The van der Waals surface area contributed by atoms with Crippen LogP contribution in [0.5, 0.6) is 17.2 Å². The predicted octanol–water partition coefficient (Wildman–Crippen LogP) is 5.67. The third-order valence-corrected chi connectivity index (χ3v) is 6.20. The number of aliphatic hydroxyl groups excluding tert-OH is 1. The van der Waals surface area contributed by atoms with E-state index in [9.17, 15) is 5.11 Å². The molecule has 3 rings (SSSR count). The molecule has 0 amide bonds. The second-order valence-corrected chi connectivity index (χ2v) is 10.1. The molecule has 0 spiro atoms. The van der Waals surface area contributed by atoms with Gasteiger partial charge in [-0.1, -0.05) is 39.0 Å². The van der Waals surface area contributed by atoms with Gasteiger partial charge in [-0.15, -0.1) is 0 Å². The second kappa shape index (κ2) is 12.1. The molecule has 0 saturated heterocycles. The number of methoxy groups -OCH3 is 1. The molecular weight excluding hydrogens is 472 g/mol. The molecule has 192 valence electrons. The number of likely N-dealkylation sites (N-methyl/N-ethyl adjacent to an activating group) is 1. The highest BCUT2D eigenvalue weighted by Gasteiger charge is 2.15. The largest absolute Gasteiger partial charge is 0.497 e. The maximum atomic E-state index is 10.5. The fourth-order valence-corrected chi connectivity index (χ4v) is 3.78. The van der Waals surface area contributed by atoms with Gasteiger partial charge in [0.15, 0.2) is 0 Å². The van der Waals surface area contributed by atoms with Crippen LogP contribution >= 0.6 is 12.2 Å². The smallest absolute Gasteiger partial charge is 0.269 e. The molecule has 0 aliphatic carbocycles. The molecule has 0 heterocycles. The molecule has 0 aliphatic heterocycles. The van der Waals surface area contributed by atoms with Crippen LogP contribution in [0, 0.1) is 0 Å². The summed E-state index contributed by atoms with van der Waals surface area (Å²) in [5, 5.41) is 10.8. The highest BCUT2D eigenvalue weighted by atomic mass is 32.1. The van der Waals surface area contributed by atoms with Crippen LogP contribution in [0.25, 0.3) is 0 Å². The fraction of sp³-hybridized carbons (Fsp3) is 0.345. The third kappa shape index (κ3) is 7.60. The monoisotopic (exact) mass is 508 g/mol. The summed E-state index contributed by atoms with van der Waals surface area (Å²) < 4.78 is 17.0. The number of thiocarbonyl (C=S) groups is 1. The lowest BCUT2D eigenvalue weighted by Gasteiger charge is -2.24. The van der Waals surface area contributed by atoms with Crippen molar-refractivity contribution in [3.05, 3.63) is 78.4 Å². The molecular formula is C29H36N2O4S.